The highest BCUT2D eigenvalue weighted by Gasteiger charge is 2.17. The number of fused-ring (bicyclic) bond motifs is 9. The van der Waals surface area contributed by atoms with Crippen LogP contribution in [0.25, 0.3) is 97.0 Å². The SMILES string of the molecule is c1ccc(N(c2ccccc2)c2ccc(-c3ccc(N(c4ccc(-c5ccc(-c6cccc7c6sc6ccccc67)cc5)cc4)c4ccc(-c5ccc6c7ccccc7c7ccccc7c6c5)cc4)cc3)cc2)cc1. The first-order chi connectivity index (χ1) is 37.2. The van der Waals surface area contributed by atoms with Gasteiger partial charge in [0.25, 0.3) is 0 Å². The van der Waals surface area contributed by atoms with Crippen LogP contribution in [0.4, 0.5) is 34.1 Å². The average Bonchev–Trinajstić information content (AvgIpc) is 3.88. The predicted molar refractivity (Wildman–Crippen MR) is 323 cm³/mol. The van der Waals surface area contributed by atoms with Crippen molar-refractivity contribution in [3.63, 3.8) is 0 Å². The molecular formula is C72H48N2S. The molecule has 0 radical (unpaired) electrons. The fraction of sp³-hybridized carbons (Fsp3) is 0. The molecule has 1 heterocycles. The van der Waals surface area contributed by atoms with E-state index in [4.69, 9.17) is 0 Å². The Morgan fingerprint density at radius 2 is 0.520 bits per heavy atom. The third kappa shape index (κ3) is 8.08. The molecule has 75 heavy (non-hydrogen) atoms. The summed E-state index contributed by atoms with van der Waals surface area (Å²) in [4.78, 5) is 4.67. The Kier molecular flexibility index (Phi) is 11.1. The molecule has 0 bridgehead atoms. The second kappa shape index (κ2) is 18.8. The van der Waals surface area contributed by atoms with Crippen molar-refractivity contribution in [2.75, 3.05) is 9.80 Å². The summed E-state index contributed by atoms with van der Waals surface area (Å²) in [5, 5.41) is 10.3. The predicted octanol–water partition coefficient (Wildman–Crippen LogP) is 21.1. The van der Waals surface area contributed by atoms with Crippen LogP contribution in [0.5, 0.6) is 0 Å². The molecule has 0 unspecified atom stereocenters. The summed E-state index contributed by atoms with van der Waals surface area (Å²) < 4.78 is 2.66. The molecule has 2 nitrogen and oxygen atoms in total. The highest BCUT2D eigenvalue weighted by atomic mass is 32.1. The maximum atomic E-state index is 2.37. The lowest BCUT2D eigenvalue weighted by Gasteiger charge is -2.26. The summed E-state index contributed by atoms with van der Waals surface area (Å²) in [7, 11) is 0. The Morgan fingerprint density at radius 1 is 0.200 bits per heavy atom. The smallest absolute Gasteiger partial charge is 0.0462 e. The van der Waals surface area contributed by atoms with Crippen molar-refractivity contribution in [2.24, 2.45) is 0 Å². The third-order valence-electron chi connectivity index (χ3n) is 14.9. The van der Waals surface area contributed by atoms with E-state index >= 15 is 0 Å². The average molecular weight is 973 g/mol. The van der Waals surface area contributed by atoms with E-state index in [1.54, 1.807) is 0 Å². The van der Waals surface area contributed by atoms with Gasteiger partial charge in [-0.05, 0) is 162 Å². The summed E-state index contributed by atoms with van der Waals surface area (Å²) in [5.41, 5.74) is 16.2. The molecule has 0 spiro atoms. The van der Waals surface area contributed by atoms with Gasteiger partial charge in [-0.3, -0.25) is 0 Å². The zero-order chi connectivity index (χ0) is 49.7. The van der Waals surface area contributed by atoms with E-state index in [0.717, 1.165) is 45.3 Å². The van der Waals surface area contributed by atoms with Gasteiger partial charge in [0.1, 0.15) is 0 Å². The Labute approximate surface area is 440 Å². The van der Waals surface area contributed by atoms with Crippen LogP contribution in [0, 0.1) is 0 Å². The highest BCUT2D eigenvalue weighted by molar-refractivity contribution is 7.26. The lowest BCUT2D eigenvalue weighted by atomic mass is 9.92. The highest BCUT2D eigenvalue weighted by Crippen LogP contribution is 2.43. The maximum Gasteiger partial charge on any atom is 0.0462 e. The molecule has 14 aromatic rings. The largest absolute Gasteiger partial charge is 0.311 e. The molecule has 0 aliphatic rings. The molecule has 0 saturated carbocycles. The van der Waals surface area contributed by atoms with E-state index in [-0.39, 0.29) is 0 Å². The normalized spacial score (nSPS) is 11.5. The molecule has 13 aromatic carbocycles. The van der Waals surface area contributed by atoms with Crippen molar-refractivity contribution in [3.8, 4) is 44.5 Å². The van der Waals surface area contributed by atoms with E-state index in [1.807, 2.05) is 11.3 Å². The Balaban J connectivity index is 0.800. The summed E-state index contributed by atoms with van der Waals surface area (Å²) in [6, 6.07) is 106. The number of thiophene rings is 1. The number of para-hydroxylation sites is 2. The van der Waals surface area contributed by atoms with Gasteiger partial charge in [0, 0.05) is 54.3 Å². The van der Waals surface area contributed by atoms with Gasteiger partial charge in [0.05, 0.1) is 0 Å². The molecule has 3 heteroatoms. The molecule has 0 atom stereocenters. The lowest BCUT2D eigenvalue weighted by Crippen LogP contribution is -2.10. The van der Waals surface area contributed by atoms with Crippen LogP contribution < -0.4 is 9.80 Å². The number of anilines is 6. The number of hydrogen-bond donors (Lipinski definition) is 0. The van der Waals surface area contributed by atoms with Crippen molar-refractivity contribution in [1.82, 2.24) is 0 Å². The fourth-order valence-electron chi connectivity index (χ4n) is 11.2. The van der Waals surface area contributed by atoms with Crippen molar-refractivity contribution < 1.29 is 0 Å². The van der Waals surface area contributed by atoms with Crippen molar-refractivity contribution >= 4 is 98.0 Å². The lowest BCUT2D eigenvalue weighted by molar-refractivity contribution is 1.28. The van der Waals surface area contributed by atoms with Gasteiger partial charge >= 0.3 is 0 Å². The Bertz CT molecular complexity index is 4280. The van der Waals surface area contributed by atoms with Crippen molar-refractivity contribution in [2.45, 2.75) is 0 Å². The number of hydrogen-bond acceptors (Lipinski definition) is 3. The molecular weight excluding hydrogens is 925 g/mol. The van der Waals surface area contributed by atoms with Gasteiger partial charge in [-0.1, -0.05) is 206 Å². The quantitative estimate of drug-likeness (QED) is 0.126. The van der Waals surface area contributed by atoms with Crippen molar-refractivity contribution in [3.05, 3.63) is 291 Å². The molecule has 0 aliphatic carbocycles. The minimum Gasteiger partial charge on any atom is -0.311 e. The monoisotopic (exact) mass is 972 g/mol. The zero-order valence-corrected chi connectivity index (χ0v) is 41.8. The number of benzene rings is 13. The van der Waals surface area contributed by atoms with Crippen LogP contribution >= 0.6 is 11.3 Å². The third-order valence-corrected chi connectivity index (χ3v) is 16.1. The van der Waals surface area contributed by atoms with Crippen molar-refractivity contribution in [1.29, 1.82) is 0 Å². The Hall–Kier alpha value is -9.54. The molecule has 0 amide bonds. The molecule has 1 aromatic heterocycles. The second-order valence-corrected chi connectivity index (χ2v) is 20.3. The van der Waals surface area contributed by atoms with E-state index in [2.05, 4.69) is 301 Å². The molecule has 0 fully saturated rings. The van der Waals surface area contributed by atoms with Crippen LogP contribution in [0.3, 0.4) is 0 Å². The molecule has 0 aliphatic heterocycles. The molecule has 0 saturated heterocycles. The summed E-state index contributed by atoms with van der Waals surface area (Å²) in [5.74, 6) is 0. The first-order valence-electron chi connectivity index (χ1n) is 25.6. The van der Waals surface area contributed by atoms with E-state index in [9.17, 15) is 0 Å². The minimum atomic E-state index is 1.08. The first-order valence-corrected chi connectivity index (χ1v) is 26.5. The van der Waals surface area contributed by atoms with Gasteiger partial charge in [-0.25, -0.2) is 0 Å². The minimum absolute atomic E-state index is 1.08. The van der Waals surface area contributed by atoms with Crippen LogP contribution in [-0.4, -0.2) is 0 Å². The standard InChI is InChI=1S/C72H48N2S/c1-3-14-56(15-4-1)73(57-16-5-2-6-17-57)58-39-32-51(33-40-58)52-34-43-60(44-35-52)74(61-45-36-53(37-46-61)55-38-47-67-65-20-8-7-18-63(65)64-19-9-10-21-66(64)70(67)48-55)59-41-30-50(31-42-59)49-26-28-54(29-27-49)62-23-13-24-69-68-22-11-12-25-71(68)75-72(62)69/h1-48H. The van der Waals surface area contributed by atoms with Crippen LogP contribution in [0.15, 0.2) is 291 Å². The second-order valence-electron chi connectivity index (χ2n) is 19.2. The van der Waals surface area contributed by atoms with E-state index < -0.39 is 0 Å². The Morgan fingerprint density at radius 3 is 0.987 bits per heavy atom. The molecule has 0 N–H and O–H groups in total. The van der Waals surface area contributed by atoms with Gasteiger partial charge < -0.3 is 9.80 Å². The van der Waals surface area contributed by atoms with E-state index in [1.165, 1.54) is 85.9 Å². The fourth-order valence-corrected chi connectivity index (χ4v) is 12.4. The van der Waals surface area contributed by atoms with Gasteiger partial charge in [0.15, 0.2) is 0 Å². The zero-order valence-electron chi connectivity index (χ0n) is 41.0. The maximum absolute atomic E-state index is 2.37. The summed E-state index contributed by atoms with van der Waals surface area (Å²) >= 11 is 1.88. The number of nitrogens with zero attached hydrogens (tertiary/aromatic N) is 2. The van der Waals surface area contributed by atoms with Gasteiger partial charge in [-0.2, -0.15) is 0 Å². The van der Waals surface area contributed by atoms with Crippen LogP contribution in [0.1, 0.15) is 0 Å². The topological polar surface area (TPSA) is 6.48 Å². The van der Waals surface area contributed by atoms with E-state index in [0.29, 0.717) is 0 Å². The van der Waals surface area contributed by atoms with Crippen LogP contribution in [0.2, 0.25) is 0 Å². The molecule has 14 rings (SSSR count). The first kappa shape index (κ1) is 44.2. The van der Waals surface area contributed by atoms with Crippen LogP contribution in [-0.2, 0) is 0 Å². The number of rotatable bonds is 10. The summed E-state index contributed by atoms with van der Waals surface area (Å²) in [6.07, 6.45) is 0. The summed E-state index contributed by atoms with van der Waals surface area (Å²) in [6.45, 7) is 0. The molecule has 352 valence electrons. The van der Waals surface area contributed by atoms with Gasteiger partial charge in [-0.15, -0.1) is 11.3 Å². The van der Waals surface area contributed by atoms with Gasteiger partial charge in [0.2, 0.25) is 0 Å².